The number of fused-ring (bicyclic) bond motifs is 1. The number of rotatable bonds is 7. The summed E-state index contributed by atoms with van der Waals surface area (Å²) >= 11 is 1.79. The maximum atomic E-state index is 12.3. The molecule has 0 bridgehead atoms. The van der Waals surface area contributed by atoms with Crippen molar-refractivity contribution >= 4 is 23.4 Å². The minimum atomic E-state index is 0.0517. The maximum Gasteiger partial charge on any atom is 0.224 e. The van der Waals surface area contributed by atoms with Crippen LogP contribution in [0, 0.1) is 0 Å². The molecule has 0 saturated heterocycles. The van der Waals surface area contributed by atoms with Crippen molar-refractivity contribution in [1.82, 2.24) is 14.8 Å². The second-order valence-electron chi connectivity index (χ2n) is 7.30. The van der Waals surface area contributed by atoms with Crippen LogP contribution in [0.3, 0.4) is 0 Å². The summed E-state index contributed by atoms with van der Waals surface area (Å²) in [5.74, 6) is 2.96. The van der Waals surface area contributed by atoms with Crippen molar-refractivity contribution < 1.29 is 4.79 Å². The van der Waals surface area contributed by atoms with Crippen LogP contribution in [0.1, 0.15) is 37.9 Å². The smallest absolute Gasteiger partial charge is 0.224 e. The molecule has 0 spiro atoms. The van der Waals surface area contributed by atoms with E-state index in [1.54, 1.807) is 11.8 Å². The number of anilines is 1. The number of nitrogens with zero attached hydrogens (tertiary/aromatic N) is 3. The van der Waals surface area contributed by atoms with Crippen molar-refractivity contribution in [2.24, 2.45) is 0 Å². The molecule has 0 radical (unpaired) electrons. The summed E-state index contributed by atoms with van der Waals surface area (Å²) in [6.07, 6.45) is 5.94. The molecule has 5 nitrogen and oxygen atoms in total. The lowest BCUT2D eigenvalue weighted by atomic mass is 10.1. The molecule has 6 heteroatoms. The molecule has 1 amide bonds. The first-order valence-electron chi connectivity index (χ1n) is 10.3. The van der Waals surface area contributed by atoms with Crippen LogP contribution in [-0.2, 0) is 17.8 Å². The number of carbonyl (C=O) groups excluding carboxylic acids is 1. The topological polar surface area (TPSA) is 59.8 Å². The summed E-state index contributed by atoms with van der Waals surface area (Å²) in [4.78, 5) is 13.6. The van der Waals surface area contributed by atoms with Crippen molar-refractivity contribution in [3.63, 3.8) is 0 Å². The summed E-state index contributed by atoms with van der Waals surface area (Å²) in [7, 11) is 0. The Hall–Kier alpha value is -2.60. The minimum Gasteiger partial charge on any atom is -0.326 e. The molecule has 29 heavy (non-hydrogen) atoms. The fourth-order valence-electron chi connectivity index (χ4n) is 3.60. The Morgan fingerprint density at radius 1 is 1.03 bits per heavy atom. The standard InChI is InChI=1S/C23H26N4OS/c28-22(14-8-16-29-20-11-3-1-4-12-20)24-19-10-7-9-18(17-19)23-26-25-21-13-5-2-6-15-27(21)23/h1,3-4,7,9-12,17H,2,5-6,8,13-16H2,(H,24,28). The van der Waals surface area contributed by atoms with E-state index < -0.39 is 0 Å². The van der Waals surface area contributed by atoms with Gasteiger partial charge in [0.25, 0.3) is 0 Å². The molecular weight excluding hydrogens is 380 g/mol. The third kappa shape index (κ3) is 5.26. The molecule has 150 valence electrons. The molecule has 0 fully saturated rings. The van der Waals surface area contributed by atoms with Gasteiger partial charge in [0.1, 0.15) is 5.82 Å². The molecular formula is C23H26N4OS. The molecule has 1 aromatic heterocycles. The van der Waals surface area contributed by atoms with Crippen LogP contribution in [-0.4, -0.2) is 26.4 Å². The van der Waals surface area contributed by atoms with Gasteiger partial charge in [-0.3, -0.25) is 4.79 Å². The number of aromatic nitrogens is 3. The number of hydrogen-bond acceptors (Lipinski definition) is 4. The minimum absolute atomic E-state index is 0.0517. The van der Waals surface area contributed by atoms with E-state index in [0.717, 1.165) is 54.5 Å². The van der Waals surface area contributed by atoms with Crippen LogP contribution >= 0.6 is 11.8 Å². The van der Waals surface area contributed by atoms with E-state index in [2.05, 4.69) is 32.2 Å². The Labute approximate surface area is 175 Å². The first-order chi connectivity index (χ1) is 14.3. The molecule has 2 heterocycles. The van der Waals surface area contributed by atoms with Crippen molar-refractivity contribution in [1.29, 1.82) is 0 Å². The van der Waals surface area contributed by atoms with Crippen LogP contribution in [0.5, 0.6) is 0 Å². The van der Waals surface area contributed by atoms with E-state index >= 15 is 0 Å². The monoisotopic (exact) mass is 406 g/mol. The molecule has 1 aliphatic heterocycles. The van der Waals surface area contributed by atoms with Gasteiger partial charge >= 0.3 is 0 Å². The Morgan fingerprint density at radius 2 is 1.93 bits per heavy atom. The number of amides is 1. The third-order valence-electron chi connectivity index (χ3n) is 5.07. The number of benzene rings is 2. The molecule has 2 aromatic carbocycles. The van der Waals surface area contributed by atoms with E-state index in [1.165, 1.54) is 17.7 Å². The maximum absolute atomic E-state index is 12.3. The molecule has 0 saturated carbocycles. The second-order valence-corrected chi connectivity index (χ2v) is 8.46. The zero-order chi connectivity index (χ0) is 19.9. The fourth-order valence-corrected chi connectivity index (χ4v) is 4.47. The van der Waals surface area contributed by atoms with Gasteiger partial charge in [0.2, 0.25) is 5.91 Å². The third-order valence-corrected chi connectivity index (χ3v) is 6.17. The summed E-state index contributed by atoms with van der Waals surface area (Å²) in [6, 6.07) is 18.2. The average Bonchev–Trinajstić information content (AvgIpc) is 3.00. The van der Waals surface area contributed by atoms with Crippen LogP contribution < -0.4 is 5.32 Å². The zero-order valence-electron chi connectivity index (χ0n) is 16.5. The Balaban J connectivity index is 1.33. The second kappa shape index (κ2) is 9.74. The Kier molecular flexibility index (Phi) is 6.62. The van der Waals surface area contributed by atoms with E-state index in [0.29, 0.717) is 6.42 Å². The van der Waals surface area contributed by atoms with Gasteiger partial charge in [-0.25, -0.2) is 0 Å². The predicted octanol–water partition coefficient (Wildman–Crippen LogP) is 5.18. The van der Waals surface area contributed by atoms with Crippen molar-refractivity contribution in [2.75, 3.05) is 11.1 Å². The lowest BCUT2D eigenvalue weighted by Crippen LogP contribution is -2.11. The van der Waals surface area contributed by atoms with Crippen LogP contribution in [0.15, 0.2) is 59.5 Å². The molecule has 0 aliphatic carbocycles. The van der Waals surface area contributed by atoms with Gasteiger partial charge in [-0.1, -0.05) is 36.8 Å². The molecule has 1 aliphatic rings. The van der Waals surface area contributed by atoms with Crippen molar-refractivity contribution in [3.8, 4) is 11.4 Å². The summed E-state index contributed by atoms with van der Waals surface area (Å²) < 4.78 is 2.23. The number of aryl methyl sites for hydroxylation is 1. The van der Waals surface area contributed by atoms with E-state index in [1.807, 2.05) is 42.5 Å². The number of nitrogens with one attached hydrogen (secondary N) is 1. The quantitative estimate of drug-likeness (QED) is 0.434. The number of hydrogen-bond donors (Lipinski definition) is 1. The van der Waals surface area contributed by atoms with Crippen molar-refractivity contribution in [2.45, 2.75) is 50.0 Å². The molecule has 0 atom stereocenters. The van der Waals surface area contributed by atoms with Gasteiger partial charge in [0.05, 0.1) is 0 Å². The predicted molar refractivity (Wildman–Crippen MR) is 118 cm³/mol. The van der Waals surface area contributed by atoms with Gasteiger partial charge in [-0.15, -0.1) is 22.0 Å². The summed E-state index contributed by atoms with van der Waals surface area (Å²) in [6.45, 7) is 0.966. The molecule has 4 rings (SSSR count). The van der Waals surface area contributed by atoms with Crippen LogP contribution in [0.4, 0.5) is 5.69 Å². The van der Waals surface area contributed by atoms with Crippen LogP contribution in [0.25, 0.3) is 11.4 Å². The van der Waals surface area contributed by atoms with Gasteiger partial charge in [0.15, 0.2) is 5.82 Å². The summed E-state index contributed by atoms with van der Waals surface area (Å²) in [5.41, 5.74) is 1.82. The van der Waals surface area contributed by atoms with Gasteiger partial charge < -0.3 is 9.88 Å². The Morgan fingerprint density at radius 3 is 2.83 bits per heavy atom. The van der Waals surface area contributed by atoms with Crippen molar-refractivity contribution in [3.05, 3.63) is 60.4 Å². The largest absolute Gasteiger partial charge is 0.326 e. The van der Waals surface area contributed by atoms with Gasteiger partial charge in [-0.2, -0.15) is 0 Å². The fraction of sp³-hybridized carbons (Fsp3) is 0.348. The highest BCUT2D eigenvalue weighted by molar-refractivity contribution is 7.99. The SMILES string of the molecule is O=C(CCCSc1ccccc1)Nc1cccc(-c2nnc3n2CCCCC3)c1. The molecule has 0 unspecified atom stereocenters. The van der Waals surface area contributed by atoms with Crippen LogP contribution in [0.2, 0.25) is 0 Å². The lowest BCUT2D eigenvalue weighted by Gasteiger charge is -2.09. The highest BCUT2D eigenvalue weighted by Gasteiger charge is 2.16. The van der Waals surface area contributed by atoms with E-state index in [-0.39, 0.29) is 5.91 Å². The Bertz CT molecular complexity index is 955. The first-order valence-corrected chi connectivity index (χ1v) is 11.3. The van der Waals surface area contributed by atoms with E-state index in [4.69, 9.17) is 0 Å². The summed E-state index contributed by atoms with van der Waals surface area (Å²) in [5, 5.41) is 11.8. The number of thioether (sulfide) groups is 1. The normalized spacial score (nSPS) is 13.5. The highest BCUT2D eigenvalue weighted by Crippen LogP contribution is 2.25. The first kappa shape index (κ1) is 19.7. The molecule has 1 N–H and O–H groups in total. The number of carbonyl (C=O) groups is 1. The average molecular weight is 407 g/mol. The van der Waals surface area contributed by atoms with Gasteiger partial charge in [-0.05, 0) is 49.3 Å². The van der Waals surface area contributed by atoms with E-state index in [9.17, 15) is 4.79 Å². The van der Waals surface area contributed by atoms with Gasteiger partial charge in [0, 0.05) is 35.5 Å². The zero-order valence-corrected chi connectivity index (χ0v) is 17.3. The highest BCUT2D eigenvalue weighted by atomic mass is 32.2. The molecule has 3 aromatic rings. The lowest BCUT2D eigenvalue weighted by molar-refractivity contribution is -0.116.